The van der Waals surface area contributed by atoms with Crippen molar-refractivity contribution in [2.45, 2.75) is 46.2 Å². The van der Waals surface area contributed by atoms with Gasteiger partial charge < -0.3 is 10.2 Å². The summed E-state index contributed by atoms with van der Waals surface area (Å²) in [6.07, 6.45) is 1.11. The minimum atomic E-state index is 0.400. The number of aryl methyl sites for hydroxylation is 1. The van der Waals surface area contributed by atoms with Crippen molar-refractivity contribution in [3.8, 4) is 0 Å². The number of hydrogen-bond acceptors (Lipinski definition) is 2. The highest BCUT2D eigenvalue weighted by Gasteiger charge is 2.17. The Labute approximate surface area is 119 Å². The monoisotopic (exact) mass is 262 g/mol. The number of nitrogens with zero attached hydrogens (tertiary/aromatic N) is 1. The molecule has 0 saturated carbocycles. The first kappa shape index (κ1) is 16.2. The third-order valence-electron chi connectivity index (χ3n) is 4.27. The Kier molecular flexibility index (Phi) is 6.53. The second-order valence-corrected chi connectivity index (χ2v) is 5.86. The largest absolute Gasteiger partial charge is 0.312 e. The summed E-state index contributed by atoms with van der Waals surface area (Å²) in [5.74, 6) is 0.685. The molecule has 2 unspecified atom stereocenters. The van der Waals surface area contributed by atoms with Crippen LogP contribution in [0.15, 0.2) is 24.3 Å². The molecule has 0 radical (unpaired) electrons. The van der Waals surface area contributed by atoms with Gasteiger partial charge in [-0.3, -0.25) is 0 Å². The van der Waals surface area contributed by atoms with Crippen LogP contribution in [-0.4, -0.2) is 31.6 Å². The van der Waals surface area contributed by atoms with Gasteiger partial charge in [0.15, 0.2) is 0 Å². The minimum Gasteiger partial charge on any atom is -0.312 e. The van der Waals surface area contributed by atoms with E-state index in [4.69, 9.17) is 0 Å². The van der Waals surface area contributed by atoms with Gasteiger partial charge in [0, 0.05) is 18.6 Å². The van der Waals surface area contributed by atoms with Crippen LogP contribution in [0.25, 0.3) is 0 Å². The molecule has 1 aromatic carbocycles. The molecule has 0 heterocycles. The zero-order chi connectivity index (χ0) is 14.4. The zero-order valence-corrected chi connectivity index (χ0v) is 13.4. The molecule has 0 bridgehead atoms. The van der Waals surface area contributed by atoms with Crippen LogP contribution in [0, 0.1) is 5.92 Å². The number of likely N-dealkylation sites (N-methyl/N-ethyl adjacent to an activating group) is 2. The fourth-order valence-electron chi connectivity index (χ4n) is 2.31. The SMILES string of the molecule is CCc1ccc(C(CN(C)C(C)C(C)C)NC)cc1. The predicted octanol–water partition coefficient (Wildman–Crippen LogP) is 3.49. The Morgan fingerprint density at radius 3 is 2.11 bits per heavy atom. The van der Waals surface area contributed by atoms with Gasteiger partial charge in [-0.25, -0.2) is 0 Å². The maximum absolute atomic E-state index is 3.44. The van der Waals surface area contributed by atoms with Gasteiger partial charge in [-0.15, -0.1) is 0 Å². The lowest BCUT2D eigenvalue weighted by atomic mass is 10.0. The molecule has 0 saturated heterocycles. The second-order valence-electron chi connectivity index (χ2n) is 5.86. The van der Waals surface area contributed by atoms with Crippen LogP contribution in [0.5, 0.6) is 0 Å². The molecule has 2 nitrogen and oxygen atoms in total. The van der Waals surface area contributed by atoms with Gasteiger partial charge in [0.2, 0.25) is 0 Å². The summed E-state index contributed by atoms with van der Waals surface area (Å²) in [5, 5.41) is 3.44. The van der Waals surface area contributed by atoms with E-state index in [-0.39, 0.29) is 0 Å². The first-order valence-electron chi connectivity index (χ1n) is 7.45. The first-order chi connectivity index (χ1) is 8.99. The van der Waals surface area contributed by atoms with E-state index >= 15 is 0 Å². The first-order valence-corrected chi connectivity index (χ1v) is 7.45. The van der Waals surface area contributed by atoms with E-state index in [1.165, 1.54) is 11.1 Å². The van der Waals surface area contributed by atoms with Crippen LogP contribution in [0.2, 0.25) is 0 Å². The Hall–Kier alpha value is -0.860. The smallest absolute Gasteiger partial charge is 0.0446 e. The normalized spacial score (nSPS) is 14.9. The molecule has 19 heavy (non-hydrogen) atoms. The van der Waals surface area contributed by atoms with E-state index in [1.807, 2.05) is 7.05 Å². The summed E-state index contributed by atoms with van der Waals surface area (Å²) in [6, 6.07) is 10.0. The van der Waals surface area contributed by atoms with Crippen LogP contribution >= 0.6 is 0 Å². The van der Waals surface area contributed by atoms with Crippen LogP contribution in [0.1, 0.15) is 44.9 Å². The Morgan fingerprint density at radius 2 is 1.68 bits per heavy atom. The van der Waals surface area contributed by atoms with Crippen molar-refractivity contribution in [2.75, 3.05) is 20.6 Å². The average molecular weight is 262 g/mol. The Bertz CT molecular complexity index is 356. The molecule has 0 aliphatic heterocycles. The summed E-state index contributed by atoms with van der Waals surface area (Å²) in [4.78, 5) is 2.44. The molecule has 0 aromatic heterocycles. The zero-order valence-electron chi connectivity index (χ0n) is 13.4. The van der Waals surface area contributed by atoms with E-state index in [0.29, 0.717) is 18.0 Å². The molecule has 0 spiro atoms. The van der Waals surface area contributed by atoms with E-state index < -0.39 is 0 Å². The van der Waals surface area contributed by atoms with Gasteiger partial charge >= 0.3 is 0 Å². The van der Waals surface area contributed by atoms with Crippen molar-refractivity contribution in [1.29, 1.82) is 0 Å². The maximum Gasteiger partial charge on any atom is 0.0446 e. The fraction of sp³-hybridized carbons (Fsp3) is 0.647. The van der Waals surface area contributed by atoms with Crippen molar-refractivity contribution in [2.24, 2.45) is 5.92 Å². The number of rotatable bonds is 7. The highest BCUT2D eigenvalue weighted by molar-refractivity contribution is 5.25. The fourth-order valence-corrected chi connectivity index (χ4v) is 2.31. The van der Waals surface area contributed by atoms with Crippen molar-refractivity contribution in [3.63, 3.8) is 0 Å². The van der Waals surface area contributed by atoms with Crippen molar-refractivity contribution >= 4 is 0 Å². The van der Waals surface area contributed by atoms with E-state index in [1.54, 1.807) is 0 Å². The van der Waals surface area contributed by atoms with Crippen molar-refractivity contribution in [3.05, 3.63) is 35.4 Å². The van der Waals surface area contributed by atoms with Crippen LogP contribution < -0.4 is 5.32 Å². The Morgan fingerprint density at radius 1 is 1.11 bits per heavy atom. The molecule has 2 heteroatoms. The van der Waals surface area contributed by atoms with Crippen LogP contribution in [0.3, 0.4) is 0 Å². The molecular formula is C17H30N2. The molecule has 1 N–H and O–H groups in total. The summed E-state index contributed by atoms with van der Waals surface area (Å²) >= 11 is 0. The third kappa shape index (κ3) is 4.63. The summed E-state index contributed by atoms with van der Waals surface area (Å²) in [6.45, 7) is 10.1. The molecule has 2 atom stereocenters. The minimum absolute atomic E-state index is 0.400. The summed E-state index contributed by atoms with van der Waals surface area (Å²) < 4.78 is 0. The van der Waals surface area contributed by atoms with Crippen molar-refractivity contribution < 1.29 is 0 Å². The number of nitrogens with one attached hydrogen (secondary N) is 1. The van der Waals surface area contributed by atoms with E-state index in [2.05, 4.69) is 69.2 Å². The topological polar surface area (TPSA) is 15.3 Å². The molecule has 1 rings (SSSR count). The molecular weight excluding hydrogens is 232 g/mol. The van der Waals surface area contributed by atoms with Gasteiger partial charge in [0.05, 0.1) is 0 Å². The number of hydrogen-bond donors (Lipinski definition) is 1. The van der Waals surface area contributed by atoms with Gasteiger partial charge in [0.25, 0.3) is 0 Å². The number of benzene rings is 1. The molecule has 1 aromatic rings. The average Bonchev–Trinajstić information content (AvgIpc) is 2.43. The van der Waals surface area contributed by atoms with Crippen LogP contribution in [-0.2, 0) is 6.42 Å². The van der Waals surface area contributed by atoms with E-state index in [9.17, 15) is 0 Å². The molecule has 0 aliphatic carbocycles. The van der Waals surface area contributed by atoms with Gasteiger partial charge in [-0.1, -0.05) is 45.0 Å². The quantitative estimate of drug-likeness (QED) is 0.809. The van der Waals surface area contributed by atoms with Crippen LogP contribution in [0.4, 0.5) is 0 Å². The second kappa shape index (κ2) is 7.66. The lowest BCUT2D eigenvalue weighted by molar-refractivity contribution is 0.190. The lowest BCUT2D eigenvalue weighted by Crippen LogP contribution is -2.39. The summed E-state index contributed by atoms with van der Waals surface area (Å²) in [7, 11) is 4.27. The maximum atomic E-state index is 3.44. The van der Waals surface area contributed by atoms with Gasteiger partial charge in [-0.2, -0.15) is 0 Å². The standard InChI is InChI=1S/C17H30N2/c1-7-15-8-10-16(11-9-15)17(18-5)12-19(6)14(4)13(2)3/h8-11,13-14,17-18H,7,12H2,1-6H3. The predicted molar refractivity (Wildman–Crippen MR) is 84.6 cm³/mol. The highest BCUT2D eigenvalue weighted by Crippen LogP contribution is 2.17. The van der Waals surface area contributed by atoms with E-state index in [0.717, 1.165) is 13.0 Å². The Balaban J connectivity index is 2.71. The summed E-state index contributed by atoms with van der Waals surface area (Å²) in [5.41, 5.74) is 2.78. The molecule has 0 fully saturated rings. The van der Waals surface area contributed by atoms with Gasteiger partial charge in [0.1, 0.15) is 0 Å². The molecule has 0 aliphatic rings. The van der Waals surface area contributed by atoms with Gasteiger partial charge in [-0.05, 0) is 44.5 Å². The molecule has 0 amide bonds. The highest BCUT2D eigenvalue weighted by atomic mass is 15.1. The third-order valence-corrected chi connectivity index (χ3v) is 4.27. The van der Waals surface area contributed by atoms with Crippen molar-refractivity contribution in [1.82, 2.24) is 10.2 Å². The lowest BCUT2D eigenvalue weighted by Gasteiger charge is -2.31. The molecule has 108 valence electrons.